The molecule has 0 aliphatic heterocycles. The molecule has 2 nitrogen and oxygen atoms in total. The Morgan fingerprint density at radius 3 is 2.27 bits per heavy atom. The van der Waals surface area contributed by atoms with E-state index < -0.39 is 11.7 Å². The summed E-state index contributed by atoms with van der Waals surface area (Å²) in [5.74, 6) is 0. The number of rotatable bonds is 2. The van der Waals surface area contributed by atoms with Crippen molar-refractivity contribution in [3.63, 3.8) is 0 Å². The predicted octanol–water partition coefficient (Wildman–Crippen LogP) is 4.83. The first-order valence-corrected chi connectivity index (χ1v) is 6.59. The Morgan fingerprint density at radius 2 is 1.59 bits per heavy atom. The van der Waals surface area contributed by atoms with Crippen LogP contribution in [0, 0.1) is 0 Å². The van der Waals surface area contributed by atoms with Gasteiger partial charge in [0, 0.05) is 11.8 Å². The van der Waals surface area contributed by atoms with Gasteiger partial charge in [0.1, 0.15) is 6.33 Å². The molecule has 0 saturated carbocycles. The Balaban J connectivity index is 2.14. The highest BCUT2D eigenvalue weighted by atomic mass is 19.4. The number of alkyl halides is 3. The molecule has 0 bridgehead atoms. The second-order valence-electron chi connectivity index (χ2n) is 4.72. The average Bonchev–Trinajstić information content (AvgIpc) is 2.55. The average molecular weight is 300 g/mol. The van der Waals surface area contributed by atoms with Gasteiger partial charge in [-0.3, -0.25) is 0 Å². The van der Waals surface area contributed by atoms with Gasteiger partial charge in [-0.05, 0) is 29.3 Å². The van der Waals surface area contributed by atoms with E-state index in [0.29, 0.717) is 16.8 Å². The van der Waals surface area contributed by atoms with Crippen LogP contribution in [-0.2, 0) is 6.18 Å². The van der Waals surface area contributed by atoms with E-state index in [4.69, 9.17) is 0 Å². The summed E-state index contributed by atoms with van der Waals surface area (Å²) in [6.07, 6.45) is -1.34. The summed E-state index contributed by atoms with van der Waals surface area (Å²) < 4.78 is 38.7. The molecule has 0 fully saturated rings. The zero-order valence-electron chi connectivity index (χ0n) is 11.4. The number of nitrogens with zero attached hydrogens (tertiary/aromatic N) is 2. The second-order valence-corrected chi connectivity index (χ2v) is 4.72. The van der Waals surface area contributed by atoms with Crippen LogP contribution in [0.15, 0.2) is 67.1 Å². The van der Waals surface area contributed by atoms with Crippen molar-refractivity contribution in [2.45, 2.75) is 6.18 Å². The minimum absolute atomic E-state index is 0.504. The van der Waals surface area contributed by atoms with Crippen LogP contribution >= 0.6 is 0 Å². The lowest BCUT2D eigenvalue weighted by atomic mass is 9.96. The Hall–Kier alpha value is -2.69. The van der Waals surface area contributed by atoms with Crippen molar-refractivity contribution < 1.29 is 13.2 Å². The molecule has 0 amide bonds. The molecular weight excluding hydrogens is 289 g/mol. The summed E-state index contributed by atoms with van der Waals surface area (Å²) in [5, 5.41) is 0. The maximum absolute atomic E-state index is 12.9. The SMILES string of the molecule is FC(F)(F)c1cccc(-c2ccccc2-c2ccncn2)c1. The normalized spacial score (nSPS) is 11.4. The van der Waals surface area contributed by atoms with E-state index in [1.54, 1.807) is 30.5 Å². The van der Waals surface area contributed by atoms with E-state index >= 15 is 0 Å². The Bertz CT molecular complexity index is 783. The summed E-state index contributed by atoms with van der Waals surface area (Å²) in [4.78, 5) is 8.03. The van der Waals surface area contributed by atoms with E-state index in [2.05, 4.69) is 9.97 Å². The van der Waals surface area contributed by atoms with Gasteiger partial charge >= 0.3 is 6.18 Å². The highest BCUT2D eigenvalue weighted by molar-refractivity contribution is 5.81. The lowest BCUT2D eigenvalue weighted by Crippen LogP contribution is -2.04. The molecule has 0 saturated heterocycles. The molecule has 0 aliphatic rings. The lowest BCUT2D eigenvalue weighted by Gasteiger charge is -2.12. The third kappa shape index (κ3) is 2.83. The molecule has 0 N–H and O–H groups in total. The fourth-order valence-electron chi connectivity index (χ4n) is 2.27. The molecule has 3 rings (SSSR count). The highest BCUT2D eigenvalue weighted by Crippen LogP contribution is 2.35. The molecule has 0 atom stereocenters. The van der Waals surface area contributed by atoms with E-state index in [1.807, 2.05) is 12.1 Å². The summed E-state index contributed by atoms with van der Waals surface area (Å²) in [5.41, 5.74) is 1.98. The summed E-state index contributed by atoms with van der Waals surface area (Å²) >= 11 is 0. The summed E-state index contributed by atoms with van der Waals surface area (Å²) in [6.45, 7) is 0. The first-order valence-electron chi connectivity index (χ1n) is 6.59. The maximum atomic E-state index is 12.9. The molecule has 22 heavy (non-hydrogen) atoms. The molecule has 0 spiro atoms. The van der Waals surface area contributed by atoms with Crippen molar-refractivity contribution >= 4 is 0 Å². The van der Waals surface area contributed by atoms with Crippen molar-refractivity contribution in [1.29, 1.82) is 0 Å². The molecule has 1 heterocycles. The second kappa shape index (κ2) is 5.60. The lowest BCUT2D eigenvalue weighted by molar-refractivity contribution is -0.137. The Morgan fingerprint density at radius 1 is 0.818 bits per heavy atom. The smallest absolute Gasteiger partial charge is 0.245 e. The number of benzene rings is 2. The van der Waals surface area contributed by atoms with Crippen LogP contribution in [0.4, 0.5) is 13.2 Å². The van der Waals surface area contributed by atoms with Gasteiger partial charge in [0.25, 0.3) is 0 Å². The predicted molar refractivity (Wildman–Crippen MR) is 77.9 cm³/mol. The molecule has 1 aromatic heterocycles. The fraction of sp³-hybridized carbons (Fsp3) is 0.0588. The van der Waals surface area contributed by atoms with Gasteiger partial charge in [-0.15, -0.1) is 0 Å². The molecule has 5 heteroatoms. The molecule has 110 valence electrons. The van der Waals surface area contributed by atoms with Gasteiger partial charge in [-0.1, -0.05) is 36.4 Å². The zero-order chi connectivity index (χ0) is 15.6. The Labute approximate surface area is 125 Å². The van der Waals surface area contributed by atoms with E-state index in [9.17, 15) is 13.2 Å². The molecule has 0 aliphatic carbocycles. The van der Waals surface area contributed by atoms with Crippen LogP contribution in [-0.4, -0.2) is 9.97 Å². The number of halogens is 3. The monoisotopic (exact) mass is 300 g/mol. The largest absolute Gasteiger partial charge is 0.416 e. The van der Waals surface area contributed by atoms with Gasteiger partial charge in [0.2, 0.25) is 0 Å². The zero-order valence-corrected chi connectivity index (χ0v) is 11.4. The standard InChI is InChI=1S/C17H11F3N2/c18-17(19,20)13-5-3-4-12(10-13)14-6-1-2-7-15(14)16-8-9-21-11-22-16/h1-11H. The van der Waals surface area contributed by atoms with Crippen LogP contribution in [0.3, 0.4) is 0 Å². The van der Waals surface area contributed by atoms with Gasteiger partial charge in [0.15, 0.2) is 0 Å². The molecule has 2 aromatic carbocycles. The minimum atomic E-state index is -4.36. The van der Waals surface area contributed by atoms with Crippen molar-refractivity contribution in [2.24, 2.45) is 0 Å². The quantitative estimate of drug-likeness (QED) is 0.677. The van der Waals surface area contributed by atoms with Gasteiger partial charge < -0.3 is 0 Å². The van der Waals surface area contributed by atoms with E-state index in [0.717, 1.165) is 17.7 Å². The third-order valence-corrected chi connectivity index (χ3v) is 3.29. The molecule has 0 unspecified atom stereocenters. The van der Waals surface area contributed by atoms with Crippen molar-refractivity contribution in [3.05, 3.63) is 72.7 Å². The van der Waals surface area contributed by atoms with Crippen LogP contribution < -0.4 is 0 Å². The first kappa shape index (κ1) is 14.3. The van der Waals surface area contributed by atoms with E-state index in [1.165, 1.54) is 12.4 Å². The van der Waals surface area contributed by atoms with Crippen LogP contribution in [0.2, 0.25) is 0 Å². The number of hydrogen-bond acceptors (Lipinski definition) is 2. The third-order valence-electron chi connectivity index (χ3n) is 3.29. The number of aromatic nitrogens is 2. The van der Waals surface area contributed by atoms with Gasteiger partial charge in [0.05, 0.1) is 11.3 Å². The topological polar surface area (TPSA) is 25.8 Å². The summed E-state index contributed by atoms with van der Waals surface area (Å²) in [6, 6.07) is 14.3. The van der Waals surface area contributed by atoms with Crippen molar-refractivity contribution in [2.75, 3.05) is 0 Å². The Kier molecular flexibility index (Phi) is 3.63. The minimum Gasteiger partial charge on any atom is -0.245 e. The molecule has 0 radical (unpaired) electrons. The van der Waals surface area contributed by atoms with Gasteiger partial charge in [-0.2, -0.15) is 13.2 Å². The van der Waals surface area contributed by atoms with Crippen LogP contribution in [0.5, 0.6) is 0 Å². The van der Waals surface area contributed by atoms with E-state index in [-0.39, 0.29) is 0 Å². The molecular formula is C17H11F3N2. The maximum Gasteiger partial charge on any atom is 0.416 e. The fourth-order valence-corrected chi connectivity index (χ4v) is 2.27. The van der Waals surface area contributed by atoms with Crippen molar-refractivity contribution in [1.82, 2.24) is 9.97 Å². The first-order chi connectivity index (χ1) is 10.6. The number of hydrogen-bond donors (Lipinski definition) is 0. The van der Waals surface area contributed by atoms with Crippen LogP contribution in [0.25, 0.3) is 22.4 Å². The molecule has 3 aromatic rings. The van der Waals surface area contributed by atoms with Crippen molar-refractivity contribution in [3.8, 4) is 22.4 Å². The summed E-state index contributed by atoms with van der Waals surface area (Å²) in [7, 11) is 0. The highest BCUT2D eigenvalue weighted by Gasteiger charge is 2.30. The van der Waals surface area contributed by atoms with Gasteiger partial charge in [-0.25, -0.2) is 9.97 Å². The van der Waals surface area contributed by atoms with Crippen LogP contribution in [0.1, 0.15) is 5.56 Å².